The van der Waals surface area contributed by atoms with Gasteiger partial charge in [0.2, 0.25) is 0 Å². The number of aromatic nitrogens is 3. The maximum atomic E-state index is 9.49. The summed E-state index contributed by atoms with van der Waals surface area (Å²) in [7, 11) is 0. The van der Waals surface area contributed by atoms with E-state index in [1.807, 2.05) is 42.6 Å². The zero-order valence-electron chi connectivity index (χ0n) is 16.0. The largest absolute Gasteiger partial charge is 0.392 e. The van der Waals surface area contributed by atoms with Crippen LogP contribution in [-0.4, -0.2) is 44.7 Å². The van der Waals surface area contributed by atoms with Gasteiger partial charge >= 0.3 is 0 Å². The molecule has 0 bridgehead atoms. The van der Waals surface area contributed by atoms with Crippen molar-refractivity contribution in [1.29, 1.82) is 0 Å². The molecule has 2 heterocycles. The first-order valence-electron chi connectivity index (χ1n) is 9.88. The second-order valence-corrected chi connectivity index (χ2v) is 7.31. The van der Waals surface area contributed by atoms with Gasteiger partial charge in [-0.2, -0.15) is 0 Å². The second-order valence-electron chi connectivity index (χ2n) is 7.31. The summed E-state index contributed by atoms with van der Waals surface area (Å²) in [6.07, 6.45) is 7.21. The molecular formula is C22H27N5O. The number of aliphatic hydroxyl groups excluding tert-OH is 1. The Kier molecular flexibility index (Phi) is 5.81. The molecule has 28 heavy (non-hydrogen) atoms. The topological polar surface area (TPSA) is 91.1 Å². The van der Waals surface area contributed by atoms with E-state index in [2.05, 4.69) is 16.0 Å². The van der Waals surface area contributed by atoms with Gasteiger partial charge in [-0.1, -0.05) is 24.3 Å². The Morgan fingerprint density at radius 1 is 1.29 bits per heavy atom. The van der Waals surface area contributed by atoms with Crippen LogP contribution < -0.4 is 5.73 Å². The summed E-state index contributed by atoms with van der Waals surface area (Å²) >= 11 is 0. The highest BCUT2D eigenvalue weighted by atomic mass is 16.3. The third-order valence-corrected chi connectivity index (χ3v) is 5.48. The molecule has 0 fully saturated rings. The summed E-state index contributed by atoms with van der Waals surface area (Å²) in [5, 5.41) is 9.49. The van der Waals surface area contributed by atoms with Crippen molar-refractivity contribution in [2.45, 2.75) is 31.8 Å². The van der Waals surface area contributed by atoms with Crippen molar-refractivity contribution in [3.05, 3.63) is 71.3 Å². The number of hydrogen-bond donors (Lipinski definition) is 3. The molecular weight excluding hydrogens is 350 g/mol. The van der Waals surface area contributed by atoms with Crippen molar-refractivity contribution in [3.8, 4) is 0 Å². The van der Waals surface area contributed by atoms with Gasteiger partial charge in [0.1, 0.15) is 5.82 Å². The molecule has 4 rings (SSSR count). The number of nitrogens with zero attached hydrogens (tertiary/aromatic N) is 3. The Morgan fingerprint density at radius 2 is 2.18 bits per heavy atom. The SMILES string of the molecule is NCC(=CCN(Cc1nc2ccccc2[nH]1)C1CCCc2cccnc21)CO. The lowest BCUT2D eigenvalue weighted by atomic mass is 9.90. The summed E-state index contributed by atoms with van der Waals surface area (Å²) in [6, 6.07) is 12.5. The number of fused-ring (bicyclic) bond motifs is 2. The highest BCUT2D eigenvalue weighted by Crippen LogP contribution is 2.33. The number of aliphatic hydroxyl groups is 1. The molecule has 1 unspecified atom stereocenters. The second kappa shape index (κ2) is 8.65. The van der Waals surface area contributed by atoms with Crippen LogP contribution in [0.3, 0.4) is 0 Å². The maximum absolute atomic E-state index is 9.49. The molecule has 1 aliphatic rings. The lowest BCUT2D eigenvalue weighted by molar-refractivity contribution is 0.180. The third kappa shape index (κ3) is 3.99. The van der Waals surface area contributed by atoms with E-state index in [1.165, 1.54) is 5.56 Å². The number of nitrogens with two attached hydrogens (primary N) is 1. The van der Waals surface area contributed by atoms with E-state index in [-0.39, 0.29) is 12.6 Å². The van der Waals surface area contributed by atoms with Crippen LogP contribution in [-0.2, 0) is 13.0 Å². The fraction of sp³-hybridized carbons (Fsp3) is 0.364. The van der Waals surface area contributed by atoms with Crippen LogP contribution in [0.5, 0.6) is 0 Å². The summed E-state index contributed by atoms with van der Waals surface area (Å²) in [6.45, 7) is 1.75. The zero-order valence-corrected chi connectivity index (χ0v) is 16.0. The molecule has 6 nitrogen and oxygen atoms in total. The van der Waals surface area contributed by atoms with Crippen molar-refractivity contribution in [2.75, 3.05) is 19.7 Å². The average molecular weight is 377 g/mol. The highest BCUT2D eigenvalue weighted by molar-refractivity contribution is 5.74. The fourth-order valence-electron chi connectivity index (χ4n) is 3.97. The number of H-pyrrole nitrogens is 1. The number of nitrogens with one attached hydrogen (secondary N) is 1. The van der Waals surface area contributed by atoms with Crippen LogP contribution in [0.2, 0.25) is 0 Å². The quantitative estimate of drug-likeness (QED) is 0.551. The maximum Gasteiger partial charge on any atom is 0.121 e. The lowest BCUT2D eigenvalue weighted by Gasteiger charge is -2.34. The van der Waals surface area contributed by atoms with Gasteiger partial charge in [-0.05, 0) is 48.6 Å². The molecule has 0 saturated carbocycles. The average Bonchev–Trinajstić information content (AvgIpc) is 3.15. The summed E-state index contributed by atoms with van der Waals surface area (Å²) in [5.74, 6) is 0.941. The van der Waals surface area contributed by atoms with E-state index >= 15 is 0 Å². The number of hydrogen-bond acceptors (Lipinski definition) is 5. The molecule has 146 valence electrons. The van der Waals surface area contributed by atoms with Crippen LogP contribution >= 0.6 is 0 Å². The standard InChI is InChI=1S/C22H27N5O/c23-13-16(15-28)10-12-27(14-21-25-18-7-1-2-8-19(18)26-21)20-9-3-5-17-6-4-11-24-22(17)20/h1-2,4,6-8,10-11,20,28H,3,5,9,12-15,23H2,(H,25,26). The molecule has 0 radical (unpaired) electrons. The van der Waals surface area contributed by atoms with Gasteiger partial charge in [-0.15, -0.1) is 0 Å². The number of aryl methyl sites for hydroxylation is 1. The first-order valence-corrected chi connectivity index (χ1v) is 9.88. The Labute approximate surface area is 165 Å². The molecule has 0 aliphatic heterocycles. The fourth-order valence-corrected chi connectivity index (χ4v) is 3.97. The van der Waals surface area contributed by atoms with Crippen LogP contribution in [0.4, 0.5) is 0 Å². The van der Waals surface area contributed by atoms with Crippen molar-refractivity contribution in [2.24, 2.45) is 5.73 Å². The molecule has 1 aromatic carbocycles. The molecule has 6 heteroatoms. The van der Waals surface area contributed by atoms with Crippen LogP contribution in [0.25, 0.3) is 11.0 Å². The van der Waals surface area contributed by atoms with E-state index in [4.69, 9.17) is 15.7 Å². The van der Waals surface area contributed by atoms with E-state index in [1.54, 1.807) is 0 Å². The monoisotopic (exact) mass is 377 g/mol. The molecule has 0 saturated heterocycles. The number of rotatable bonds is 7. The number of benzene rings is 1. The number of aromatic amines is 1. The minimum absolute atomic E-state index is 0.00547. The van der Waals surface area contributed by atoms with Crippen LogP contribution in [0.1, 0.15) is 36.0 Å². The zero-order chi connectivity index (χ0) is 19.3. The Morgan fingerprint density at radius 3 is 3.00 bits per heavy atom. The van der Waals surface area contributed by atoms with E-state index in [0.29, 0.717) is 19.6 Å². The van der Waals surface area contributed by atoms with E-state index in [9.17, 15) is 5.11 Å². The van der Waals surface area contributed by atoms with Crippen LogP contribution in [0.15, 0.2) is 54.2 Å². The Bertz CT molecular complexity index is 925. The van der Waals surface area contributed by atoms with Gasteiger partial charge in [0.05, 0.1) is 35.9 Å². The van der Waals surface area contributed by atoms with Gasteiger partial charge in [0.15, 0.2) is 0 Å². The van der Waals surface area contributed by atoms with E-state index < -0.39 is 0 Å². The first kappa shape index (κ1) is 18.8. The minimum atomic E-state index is -0.00547. The van der Waals surface area contributed by atoms with Gasteiger partial charge in [0.25, 0.3) is 0 Å². The normalized spacial score (nSPS) is 17.2. The van der Waals surface area contributed by atoms with Gasteiger partial charge < -0.3 is 15.8 Å². The Hall–Kier alpha value is -2.54. The number of para-hydroxylation sites is 2. The van der Waals surface area contributed by atoms with Gasteiger partial charge in [-0.3, -0.25) is 9.88 Å². The highest BCUT2D eigenvalue weighted by Gasteiger charge is 2.27. The van der Waals surface area contributed by atoms with Crippen molar-refractivity contribution in [1.82, 2.24) is 19.9 Å². The number of pyridine rings is 1. The summed E-state index contributed by atoms with van der Waals surface area (Å²) in [5.41, 5.74) is 11.1. The van der Waals surface area contributed by atoms with E-state index in [0.717, 1.165) is 47.4 Å². The molecule has 1 atom stereocenters. The first-order chi connectivity index (χ1) is 13.8. The van der Waals surface area contributed by atoms with Crippen LogP contribution in [0, 0.1) is 0 Å². The van der Waals surface area contributed by atoms with Crippen molar-refractivity contribution >= 4 is 11.0 Å². The van der Waals surface area contributed by atoms with Gasteiger partial charge in [0, 0.05) is 19.3 Å². The number of imidazole rings is 1. The molecule has 0 amide bonds. The summed E-state index contributed by atoms with van der Waals surface area (Å²) < 4.78 is 0. The lowest BCUT2D eigenvalue weighted by Crippen LogP contribution is -2.32. The predicted molar refractivity (Wildman–Crippen MR) is 111 cm³/mol. The Balaban J connectivity index is 1.65. The molecule has 2 aromatic heterocycles. The predicted octanol–water partition coefficient (Wildman–Crippen LogP) is 2.71. The molecule has 1 aliphatic carbocycles. The molecule has 4 N–H and O–H groups in total. The smallest absolute Gasteiger partial charge is 0.121 e. The molecule has 0 spiro atoms. The summed E-state index contributed by atoms with van der Waals surface area (Å²) in [4.78, 5) is 15.3. The molecule has 3 aromatic rings. The third-order valence-electron chi connectivity index (χ3n) is 5.48. The van der Waals surface area contributed by atoms with Crippen molar-refractivity contribution in [3.63, 3.8) is 0 Å². The van der Waals surface area contributed by atoms with Crippen molar-refractivity contribution < 1.29 is 5.11 Å². The van der Waals surface area contributed by atoms with Gasteiger partial charge in [-0.25, -0.2) is 4.98 Å². The minimum Gasteiger partial charge on any atom is -0.392 e.